The number of benzene rings is 2. The van der Waals surface area contributed by atoms with Crippen molar-refractivity contribution in [3.63, 3.8) is 0 Å². The minimum absolute atomic E-state index is 0.0410. The van der Waals surface area contributed by atoms with Gasteiger partial charge in [-0.1, -0.05) is 24.3 Å². The Balaban J connectivity index is 1.51. The third-order valence-electron chi connectivity index (χ3n) is 4.52. The second kappa shape index (κ2) is 8.44. The molecule has 1 aliphatic rings. The molecule has 7 nitrogen and oxygen atoms in total. The highest BCUT2D eigenvalue weighted by Crippen LogP contribution is 2.25. The summed E-state index contributed by atoms with van der Waals surface area (Å²) in [5.41, 5.74) is 1.08. The molecule has 0 aliphatic carbocycles. The topological polar surface area (TPSA) is 82.1 Å². The molecule has 0 unspecified atom stereocenters. The number of carboxylic acids is 1. The lowest BCUT2D eigenvalue weighted by molar-refractivity contribution is -0.255. The minimum Gasteiger partial charge on any atom is -0.545 e. The van der Waals surface area contributed by atoms with E-state index in [0.717, 1.165) is 5.69 Å². The largest absolute Gasteiger partial charge is 0.545 e. The SMILES string of the molecule is COc1ccccc1OCC(=O)N1CCN(c2ccc(C(=O)[O-])cc2)CC1. The maximum Gasteiger partial charge on any atom is 0.260 e. The maximum atomic E-state index is 12.4. The number of hydrogen-bond acceptors (Lipinski definition) is 6. The molecule has 2 aromatic carbocycles. The van der Waals surface area contributed by atoms with E-state index in [2.05, 4.69) is 4.90 Å². The summed E-state index contributed by atoms with van der Waals surface area (Å²) >= 11 is 0. The van der Waals surface area contributed by atoms with Gasteiger partial charge in [-0.3, -0.25) is 4.79 Å². The molecule has 2 aromatic rings. The highest BCUT2D eigenvalue weighted by Gasteiger charge is 2.22. The van der Waals surface area contributed by atoms with Crippen LogP contribution in [0.2, 0.25) is 0 Å². The van der Waals surface area contributed by atoms with Gasteiger partial charge in [0.2, 0.25) is 0 Å². The van der Waals surface area contributed by atoms with Crippen LogP contribution in [0.5, 0.6) is 11.5 Å². The first-order valence-electron chi connectivity index (χ1n) is 8.68. The third-order valence-corrected chi connectivity index (χ3v) is 4.52. The van der Waals surface area contributed by atoms with Crippen LogP contribution in [-0.2, 0) is 4.79 Å². The van der Waals surface area contributed by atoms with Crippen LogP contribution in [0, 0.1) is 0 Å². The molecule has 0 atom stereocenters. The molecule has 142 valence electrons. The molecule has 1 fully saturated rings. The number of nitrogens with zero attached hydrogens (tertiary/aromatic N) is 2. The van der Waals surface area contributed by atoms with Crippen LogP contribution in [0.1, 0.15) is 10.4 Å². The predicted molar refractivity (Wildman–Crippen MR) is 98.1 cm³/mol. The van der Waals surface area contributed by atoms with E-state index in [1.165, 1.54) is 12.1 Å². The molecule has 1 aliphatic heterocycles. The molecule has 0 radical (unpaired) electrons. The average Bonchev–Trinajstić information content (AvgIpc) is 2.72. The molecule has 3 rings (SSSR count). The zero-order chi connectivity index (χ0) is 19.2. The molecule has 1 saturated heterocycles. The van der Waals surface area contributed by atoms with E-state index in [0.29, 0.717) is 37.7 Å². The highest BCUT2D eigenvalue weighted by atomic mass is 16.5. The Morgan fingerprint density at radius 3 is 2.19 bits per heavy atom. The summed E-state index contributed by atoms with van der Waals surface area (Å²) in [6.07, 6.45) is 0. The van der Waals surface area contributed by atoms with Gasteiger partial charge >= 0.3 is 0 Å². The monoisotopic (exact) mass is 369 g/mol. The minimum atomic E-state index is -1.19. The first-order chi connectivity index (χ1) is 13.1. The molecule has 0 N–H and O–H groups in total. The van der Waals surface area contributed by atoms with Gasteiger partial charge < -0.3 is 29.2 Å². The Morgan fingerprint density at radius 2 is 1.59 bits per heavy atom. The Bertz CT molecular complexity index is 798. The number of rotatable bonds is 6. The van der Waals surface area contributed by atoms with Crippen molar-refractivity contribution in [1.82, 2.24) is 4.90 Å². The molecule has 0 saturated carbocycles. The van der Waals surface area contributed by atoms with Crippen LogP contribution in [0.15, 0.2) is 48.5 Å². The lowest BCUT2D eigenvalue weighted by Crippen LogP contribution is -2.50. The van der Waals surface area contributed by atoms with Gasteiger partial charge in [0.15, 0.2) is 18.1 Å². The van der Waals surface area contributed by atoms with Crippen LogP contribution in [0.4, 0.5) is 5.69 Å². The zero-order valence-corrected chi connectivity index (χ0v) is 15.1. The van der Waals surface area contributed by atoms with Gasteiger partial charge in [-0.2, -0.15) is 0 Å². The molecular formula is C20H21N2O5-. The standard InChI is InChI=1S/C20H22N2O5/c1-26-17-4-2-3-5-18(17)27-14-19(23)22-12-10-21(11-13-22)16-8-6-15(7-9-16)20(24)25/h2-9H,10-14H2,1H3,(H,24,25)/p-1. The van der Waals surface area contributed by atoms with E-state index in [1.807, 2.05) is 12.1 Å². The van der Waals surface area contributed by atoms with Crippen molar-refractivity contribution in [3.8, 4) is 11.5 Å². The van der Waals surface area contributed by atoms with Crippen molar-refractivity contribution in [2.45, 2.75) is 0 Å². The quantitative estimate of drug-likeness (QED) is 0.749. The van der Waals surface area contributed by atoms with Gasteiger partial charge in [-0.25, -0.2) is 0 Å². The normalized spacial score (nSPS) is 14.0. The molecule has 0 bridgehead atoms. The fraction of sp³-hybridized carbons (Fsp3) is 0.300. The first-order valence-corrected chi connectivity index (χ1v) is 8.68. The van der Waals surface area contributed by atoms with Crippen LogP contribution < -0.4 is 19.5 Å². The van der Waals surface area contributed by atoms with E-state index in [1.54, 1.807) is 36.3 Å². The number of methoxy groups -OCH3 is 1. The third kappa shape index (κ3) is 4.49. The van der Waals surface area contributed by atoms with E-state index in [-0.39, 0.29) is 18.1 Å². The van der Waals surface area contributed by atoms with Crippen LogP contribution >= 0.6 is 0 Å². The summed E-state index contributed by atoms with van der Waals surface area (Å²) in [5.74, 6) is -0.130. The van der Waals surface area contributed by atoms with Gasteiger partial charge in [0.05, 0.1) is 13.1 Å². The van der Waals surface area contributed by atoms with Crippen molar-refractivity contribution in [3.05, 3.63) is 54.1 Å². The van der Waals surface area contributed by atoms with E-state index < -0.39 is 5.97 Å². The first kappa shape index (κ1) is 18.6. The second-order valence-electron chi connectivity index (χ2n) is 6.14. The summed E-state index contributed by atoms with van der Waals surface area (Å²) in [6.45, 7) is 2.46. The van der Waals surface area contributed by atoms with E-state index >= 15 is 0 Å². The number of carbonyl (C=O) groups excluding carboxylic acids is 2. The molecule has 1 heterocycles. The van der Waals surface area contributed by atoms with Crippen LogP contribution in [-0.4, -0.2) is 56.7 Å². The smallest absolute Gasteiger partial charge is 0.260 e. The van der Waals surface area contributed by atoms with Crippen molar-refractivity contribution in [2.24, 2.45) is 0 Å². The van der Waals surface area contributed by atoms with Gasteiger partial charge in [0, 0.05) is 31.9 Å². The highest BCUT2D eigenvalue weighted by molar-refractivity contribution is 5.86. The fourth-order valence-electron chi connectivity index (χ4n) is 2.99. The van der Waals surface area contributed by atoms with Crippen LogP contribution in [0.3, 0.4) is 0 Å². The van der Waals surface area contributed by atoms with Crippen molar-refractivity contribution in [2.75, 3.05) is 44.8 Å². The predicted octanol–water partition coefficient (Wildman–Crippen LogP) is 0.786. The van der Waals surface area contributed by atoms with Gasteiger partial charge in [0.1, 0.15) is 0 Å². The molecule has 1 amide bonds. The van der Waals surface area contributed by atoms with Crippen molar-refractivity contribution in [1.29, 1.82) is 0 Å². The zero-order valence-electron chi connectivity index (χ0n) is 15.1. The van der Waals surface area contributed by atoms with E-state index in [9.17, 15) is 14.7 Å². The Labute approximate surface area is 157 Å². The summed E-state index contributed by atoms with van der Waals surface area (Å²) in [7, 11) is 1.56. The second-order valence-corrected chi connectivity index (χ2v) is 6.14. The van der Waals surface area contributed by atoms with Crippen molar-refractivity contribution < 1.29 is 24.2 Å². The Morgan fingerprint density at radius 1 is 0.963 bits per heavy atom. The Kier molecular flexibility index (Phi) is 5.80. The molecular weight excluding hydrogens is 348 g/mol. The summed E-state index contributed by atoms with van der Waals surface area (Å²) in [6, 6.07) is 13.8. The lowest BCUT2D eigenvalue weighted by atomic mass is 10.2. The number of piperazine rings is 1. The fourth-order valence-corrected chi connectivity index (χ4v) is 2.99. The van der Waals surface area contributed by atoms with Crippen molar-refractivity contribution >= 4 is 17.6 Å². The molecule has 7 heteroatoms. The lowest BCUT2D eigenvalue weighted by Gasteiger charge is -2.36. The number of para-hydroxylation sites is 2. The molecule has 0 aromatic heterocycles. The number of carboxylic acid groups (broad SMARTS) is 1. The number of ether oxygens (including phenoxy) is 2. The molecule has 0 spiro atoms. The average molecular weight is 369 g/mol. The number of hydrogen-bond donors (Lipinski definition) is 0. The number of aromatic carboxylic acids is 1. The summed E-state index contributed by atoms with van der Waals surface area (Å²) in [5, 5.41) is 10.8. The van der Waals surface area contributed by atoms with Gasteiger partial charge in [0.25, 0.3) is 5.91 Å². The number of anilines is 1. The van der Waals surface area contributed by atoms with E-state index in [4.69, 9.17) is 9.47 Å². The number of carbonyl (C=O) groups is 2. The summed E-state index contributed by atoms with van der Waals surface area (Å²) < 4.78 is 10.8. The Hall–Kier alpha value is -3.22. The summed E-state index contributed by atoms with van der Waals surface area (Å²) in [4.78, 5) is 27.1. The number of amides is 1. The van der Waals surface area contributed by atoms with Crippen LogP contribution in [0.25, 0.3) is 0 Å². The maximum absolute atomic E-state index is 12.4. The van der Waals surface area contributed by atoms with Gasteiger partial charge in [-0.05, 0) is 29.8 Å². The molecule has 27 heavy (non-hydrogen) atoms. The van der Waals surface area contributed by atoms with Gasteiger partial charge in [-0.15, -0.1) is 0 Å².